The molecule has 2 atom stereocenters. The molecule has 8 rings (SSSR count). The topological polar surface area (TPSA) is 293 Å². The van der Waals surface area contributed by atoms with Gasteiger partial charge in [0.1, 0.15) is 16.9 Å². The number of anilines is 4. The number of nitrogens with one attached hydrogen (secondary N) is 2. The van der Waals surface area contributed by atoms with Gasteiger partial charge in [0, 0.05) is 57.6 Å². The second-order valence-corrected chi connectivity index (χ2v) is 15.2. The van der Waals surface area contributed by atoms with E-state index in [1.807, 2.05) is 30.6 Å². The number of hydrogen-bond acceptors (Lipinski definition) is 13. The number of likely N-dealkylation sites (tertiary alicyclic amines) is 1. The van der Waals surface area contributed by atoms with Crippen LogP contribution in [0.4, 0.5) is 23.3 Å². The first-order valence-electron chi connectivity index (χ1n) is 20.0. The van der Waals surface area contributed by atoms with E-state index in [1.54, 1.807) is 30.5 Å². The Morgan fingerprint density at radius 3 is 1.85 bits per heavy atom. The monoisotopic (exact) mass is 832 g/mol. The molecule has 318 valence electrons. The van der Waals surface area contributed by atoms with Crippen LogP contribution in [-0.2, 0) is 37.5 Å². The van der Waals surface area contributed by atoms with Crippen LogP contribution in [0.15, 0.2) is 36.5 Å². The van der Waals surface area contributed by atoms with Gasteiger partial charge in [-0.1, -0.05) is 12.2 Å². The summed E-state index contributed by atoms with van der Waals surface area (Å²) < 4.78 is 12.7. The summed E-state index contributed by atoms with van der Waals surface area (Å²) in [5, 5.41) is 14.6. The van der Waals surface area contributed by atoms with Crippen molar-refractivity contribution >= 4 is 69.1 Å². The molecule has 7 heterocycles. The fourth-order valence-corrected chi connectivity index (χ4v) is 8.18. The zero-order valence-corrected chi connectivity index (χ0v) is 34.3. The Morgan fingerprint density at radius 1 is 0.770 bits per heavy atom. The molecule has 2 aliphatic rings. The van der Waals surface area contributed by atoms with Crippen LogP contribution < -0.4 is 33.6 Å². The van der Waals surface area contributed by atoms with E-state index in [0.717, 1.165) is 31.5 Å². The zero-order valence-electron chi connectivity index (χ0n) is 34.3. The van der Waals surface area contributed by atoms with Gasteiger partial charge >= 0.3 is 0 Å². The minimum Gasteiger partial charge on any atom is -0.395 e. The number of rotatable bonds is 14. The summed E-state index contributed by atoms with van der Waals surface area (Å²) in [6.07, 6.45) is 7.31. The number of nitrogens with zero attached hydrogens (tertiary/aromatic N) is 10. The highest BCUT2D eigenvalue weighted by atomic mass is 16.5. The van der Waals surface area contributed by atoms with Crippen molar-refractivity contribution in [3.05, 3.63) is 76.0 Å². The highest BCUT2D eigenvalue weighted by Crippen LogP contribution is 2.32. The lowest BCUT2D eigenvalue weighted by Crippen LogP contribution is -2.42. The average Bonchev–Trinajstić information content (AvgIpc) is 4.01. The predicted molar refractivity (Wildman–Crippen MR) is 227 cm³/mol. The van der Waals surface area contributed by atoms with Crippen molar-refractivity contribution in [2.75, 3.05) is 35.2 Å². The van der Waals surface area contributed by atoms with E-state index in [0.29, 0.717) is 53.2 Å². The Hall–Kier alpha value is -7.13. The number of allylic oxidation sites excluding steroid dienone is 2. The fourth-order valence-electron chi connectivity index (χ4n) is 8.18. The number of primary amides is 2. The Morgan fingerprint density at radius 2 is 1.30 bits per heavy atom. The van der Waals surface area contributed by atoms with Gasteiger partial charge in [0.25, 0.3) is 11.8 Å². The van der Waals surface area contributed by atoms with Crippen LogP contribution in [0.2, 0.25) is 0 Å². The van der Waals surface area contributed by atoms with Crippen LogP contribution in [-0.4, -0.2) is 97.5 Å². The molecule has 2 saturated heterocycles. The third-order valence-electron chi connectivity index (χ3n) is 11.2. The number of aryl methyl sites for hydroxylation is 4. The Balaban J connectivity index is 1.17. The third kappa shape index (κ3) is 7.63. The van der Waals surface area contributed by atoms with Gasteiger partial charge < -0.3 is 32.2 Å². The number of hydrogen-bond donors (Lipinski definition) is 6. The lowest BCUT2D eigenvalue weighted by molar-refractivity contribution is -0.0409. The van der Waals surface area contributed by atoms with Gasteiger partial charge in [-0.25, -0.2) is 15.0 Å². The molecule has 21 heteroatoms. The molecule has 0 radical (unpaired) electrons. The summed E-state index contributed by atoms with van der Waals surface area (Å²) in [6, 6.07) is 4.90. The van der Waals surface area contributed by atoms with E-state index in [1.165, 1.54) is 21.6 Å². The van der Waals surface area contributed by atoms with Gasteiger partial charge in [-0.05, 0) is 64.3 Å². The van der Waals surface area contributed by atoms with Gasteiger partial charge in [0.15, 0.2) is 5.65 Å². The Labute approximate surface area is 349 Å². The van der Waals surface area contributed by atoms with E-state index in [2.05, 4.69) is 35.7 Å². The molecule has 5 aromatic heterocycles. The number of nitrogen functional groups attached to an aromatic ring is 2. The molecule has 0 saturated carbocycles. The van der Waals surface area contributed by atoms with Crippen molar-refractivity contribution in [2.45, 2.75) is 85.5 Å². The largest absolute Gasteiger partial charge is 0.395 e. The number of ether oxygens (including phenoxy) is 1. The van der Waals surface area contributed by atoms with Crippen molar-refractivity contribution in [1.82, 2.24) is 48.5 Å². The van der Waals surface area contributed by atoms with Crippen LogP contribution in [0, 0.1) is 13.8 Å². The highest BCUT2D eigenvalue weighted by Gasteiger charge is 2.34. The molecule has 10 N–H and O–H groups in total. The maximum absolute atomic E-state index is 14.0. The number of pyridine rings is 1. The van der Waals surface area contributed by atoms with E-state index in [-0.39, 0.29) is 71.1 Å². The smallest absolute Gasteiger partial charge is 0.278 e. The van der Waals surface area contributed by atoms with Crippen LogP contribution >= 0.6 is 0 Å². The van der Waals surface area contributed by atoms with Crippen molar-refractivity contribution in [3.63, 3.8) is 0 Å². The van der Waals surface area contributed by atoms with E-state index < -0.39 is 23.6 Å². The van der Waals surface area contributed by atoms with Crippen molar-refractivity contribution in [1.29, 1.82) is 0 Å². The number of fused-ring (bicyclic) bond motifs is 4. The molecule has 0 aliphatic carbocycles. The zero-order chi connectivity index (χ0) is 43.3. The highest BCUT2D eigenvalue weighted by molar-refractivity contribution is 6.08. The minimum atomic E-state index is -0.680. The van der Waals surface area contributed by atoms with Gasteiger partial charge in [0.2, 0.25) is 23.7 Å². The second-order valence-electron chi connectivity index (χ2n) is 15.2. The molecule has 6 aromatic rings. The maximum Gasteiger partial charge on any atom is 0.278 e. The van der Waals surface area contributed by atoms with E-state index >= 15 is 0 Å². The lowest BCUT2D eigenvalue weighted by Gasteiger charge is -2.32. The maximum atomic E-state index is 14.0. The SMILES string of the molecule is CCn1nc(C)c(N)c1C(=O)Nc1nc2cc(C(N)=O)cnc2n1C/C=C/Cn1c(NC(=O)c2c(N)c(C)nn2CC)nc2cc(C(N)=O)cc(CN3C[C@H]4CC[C@@H](C3)O4)c21. The van der Waals surface area contributed by atoms with Crippen LogP contribution in [0.5, 0.6) is 0 Å². The fraction of sp³-hybridized carbons (Fsp3) is 0.375. The molecule has 2 aliphatic heterocycles. The molecule has 2 fully saturated rings. The standard InChI is InChI=1S/C40H48N16O5/c1-5-55-32(29(41)20(3)50-55)37(59)48-39-46-27-14-22(34(43)57)13-24(17-52-18-25-9-10-26(19-52)61-25)31(27)53(39)11-7-8-12-54-36-28(15-23(16-45-36)35(44)58)47-40(54)49-38(60)33-30(42)21(4)51-56(33)6-2/h7-8,13-16,25-26H,5-6,9-12,17-19,41-42H2,1-4H3,(H2,43,57)(H2,44,58)(H,46,48,59)(H,47,49,60)/b8-7+/t25-,26+. The number of morpholine rings is 1. The number of nitrogens with two attached hydrogens (primary N) is 4. The molecule has 1 aromatic carbocycles. The van der Waals surface area contributed by atoms with Gasteiger partial charge in [-0.3, -0.25) is 48.6 Å². The lowest BCUT2D eigenvalue weighted by atomic mass is 10.1. The summed E-state index contributed by atoms with van der Waals surface area (Å²) in [7, 11) is 0. The molecule has 0 spiro atoms. The summed E-state index contributed by atoms with van der Waals surface area (Å²) in [5.74, 6) is -1.98. The number of carbonyl (C=O) groups is 4. The molecule has 21 nitrogen and oxygen atoms in total. The number of imidazole rings is 2. The Bertz CT molecular complexity index is 2760. The van der Waals surface area contributed by atoms with Crippen molar-refractivity contribution in [2.24, 2.45) is 11.5 Å². The quantitative estimate of drug-likeness (QED) is 0.0861. The summed E-state index contributed by atoms with van der Waals surface area (Å²) in [4.78, 5) is 68.6. The first-order valence-corrected chi connectivity index (χ1v) is 20.0. The van der Waals surface area contributed by atoms with Crippen molar-refractivity contribution in [3.8, 4) is 0 Å². The van der Waals surface area contributed by atoms with Gasteiger partial charge in [-0.15, -0.1) is 0 Å². The van der Waals surface area contributed by atoms with Crippen LogP contribution in [0.3, 0.4) is 0 Å². The number of amides is 4. The molecular weight excluding hydrogens is 785 g/mol. The average molecular weight is 833 g/mol. The number of carbonyl (C=O) groups excluding carboxylic acids is 4. The van der Waals surface area contributed by atoms with Gasteiger partial charge in [0.05, 0.1) is 51.6 Å². The predicted octanol–water partition coefficient (Wildman–Crippen LogP) is 2.32. The summed E-state index contributed by atoms with van der Waals surface area (Å²) in [5.41, 5.74) is 29.0. The molecule has 2 bridgehead atoms. The Kier molecular flexibility index (Phi) is 10.8. The van der Waals surface area contributed by atoms with E-state index in [4.69, 9.17) is 32.7 Å². The van der Waals surface area contributed by atoms with E-state index in [9.17, 15) is 19.2 Å². The van der Waals surface area contributed by atoms with Gasteiger partial charge in [-0.2, -0.15) is 10.2 Å². The third-order valence-corrected chi connectivity index (χ3v) is 11.2. The second kappa shape index (κ2) is 16.1. The van der Waals surface area contributed by atoms with Crippen LogP contribution in [0.25, 0.3) is 22.2 Å². The number of aromatic nitrogens is 9. The molecule has 0 unspecified atom stereocenters. The van der Waals surface area contributed by atoms with Crippen molar-refractivity contribution < 1.29 is 23.9 Å². The molecular formula is C40H48N16O5. The normalized spacial score (nSPS) is 16.6. The molecule has 61 heavy (non-hydrogen) atoms. The summed E-state index contributed by atoms with van der Waals surface area (Å²) >= 11 is 0. The molecule has 4 amide bonds. The number of benzene rings is 1. The first-order chi connectivity index (χ1) is 29.2. The van der Waals surface area contributed by atoms with Crippen LogP contribution in [0.1, 0.15) is 85.3 Å². The summed E-state index contributed by atoms with van der Waals surface area (Å²) in [6.45, 7) is 10.3. The minimum absolute atomic E-state index is 0.134. The first kappa shape index (κ1) is 40.6.